The van der Waals surface area contributed by atoms with Gasteiger partial charge in [0.25, 0.3) is 0 Å². The summed E-state index contributed by atoms with van der Waals surface area (Å²) in [5, 5.41) is 2.74. The first-order valence-electron chi connectivity index (χ1n) is 3.77. The topological polar surface area (TPSA) is 26.0 Å². The molecule has 4 heteroatoms. The Kier molecular flexibility index (Phi) is 4.64. The second-order valence-corrected chi connectivity index (χ2v) is 6.33. The molecule has 1 atom stereocenters. The Bertz CT molecular complexity index is 237. The molecule has 0 saturated heterocycles. The third kappa shape index (κ3) is 3.47. The average molecular weight is 266 g/mol. The van der Waals surface area contributed by atoms with Crippen LogP contribution in [0.4, 0.5) is 0 Å². The predicted octanol–water partition coefficient (Wildman–Crippen LogP) is 3.09. The Morgan fingerprint density at radius 2 is 2.50 bits per heavy atom. The van der Waals surface area contributed by atoms with Gasteiger partial charge in [0, 0.05) is 17.5 Å². The van der Waals surface area contributed by atoms with Gasteiger partial charge in [0.05, 0.1) is 3.79 Å². The molecule has 1 nitrogen and oxygen atoms in total. The van der Waals surface area contributed by atoms with Crippen molar-refractivity contribution in [2.45, 2.75) is 17.9 Å². The highest BCUT2D eigenvalue weighted by Gasteiger charge is 2.01. The van der Waals surface area contributed by atoms with E-state index in [-0.39, 0.29) is 0 Å². The summed E-state index contributed by atoms with van der Waals surface area (Å²) >= 11 is 7.08. The van der Waals surface area contributed by atoms with Crippen molar-refractivity contribution in [1.82, 2.24) is 0 Å². The third-order valence-electron chi connectivity index (χ3n) is 1.49. The summed E-state index contributed by atoms with van der Waals surface area (Å²) in [5.41, 5.74) is 6.90. The fraction of sp³-hybridized carbons (Fsp3) is 0.500. The number of thioether (sulfide) groups is 1. The van der Waals surface area contributed by atoms with Crippen molar-refractivity contribution in [3.8, 4) is 0 Å². The molecule has 1 aromatic heterocycles. The lowest BCUT2D eigenvalue weighted by molar-refractivity contribution is 0.951. The van der Waals surface area contributed by atoms with Crippen LogP contribution in [0.2, 0.25) is 0 Å². The van der Waals surface area contributed by atoms with Crippen LogP contribution < -0.4 is 5.73 Å². The zero-order chi connectivity index (χ0) is 8.97. The van der Waals surface area contributed by atoms with E-state index in [1.54, 1.807) is 11.3 Å². The van der Waals surface area contributed by atoms with Crippen LogP contribution in [0.25, 0.3) is 0 Å². The Labute approximate surface area is 89.9 Å². The van der Waals surface area contributed by atoms with Gasteiger partial charge in [-0.25, -0.2) is 0 Å². The summed E-state index contributed by atoms with van der Waals surface area (Å²) < 4.78 is 1.21. The van der Waals surface area contributed by atoms with Crippen molar-refractivity contribution < 1.29 is 0 Å². The lowest BCUT2D eigenvalue weighted by Crippen LogP contribution is -2.12. The highest BCUT2D eigenvalue weighted by atomic mass is 79.9. The van der Waals surface area contributed by atoms with E-state index in [9.17, 15) is 0 Å². The van der Waals surface area contributed by atoms with Gasteiger partial charge in [0.2, 0.25) is 0 Å². The summed E-state index contributed by atoms with van der Waals surface area (Å²) in [6, 6.07) is 2.17. The molecule has 0 fully saturated rings. The van der Waals surface area contributed by atoms with Crippen LogP contribution in [0.5, 0.6) is 0 Å². The molecule has 0 amide bonds. The van der Waals surface area contributed by atoms with Gasteiger partial charge in [-0.3, -0.25) is 0 Å². The molecule has 0 radical (unpaired) electrons. The minimum Gasteiger partial charge on any atom is -0.329 e. The second-order valence-electron chi connectivity index (χ2n) is 2.62. The van der Waals surface area contributed by atoms with E-state index in [0.29, 0.717) is 5.25 Å². The van der Waals surface area contributed by atoms with E-state index in [4.69, 9.17) is 5.73 Å². The van der Waals surface area contributed by atoms with Gasteiger partial charge in [-0.15, -0.1) is 11.3 Å². The monoisotopic (exact) mass is 265 g/mol. The molecule has 0 bridgehead atoms. The highest BCUT2D eigenvalue weighted by molar-refractivity contribution is 9.11. The number of hydrogen-bond donors (Lipinski definition) is 1. The van der Waals surface area contributed by atoms with E-state index < -0.39 is 0 Å². The van der Waals surface area contributed by atoms with Crippen LogP contribution in [-0.2, 0) is 5.75 Å². The normalized spacial score (nSPS) is 13.2. The Morgan fingerprint density at radius 3 is 3.00 bits per heavy atom. The van der Waals surface area contributed by atoms with Gasteiger partial charge in [-0.1, -0.05) is 6.92 Å². The molecule has 0 aliphatic rings. The molecule has 2 N–H and O–H groups in total. The number of halogens is 1. The number of hydrogen-bond acceptors (Lipinski definition) is 3. The predicted molar refractivity (Wildman–Crippen MR) is 61.8 cm³/mol. The zero-order valence-corrected chi connectivity index (χ0v) is 10.1. The van der Waals surface area contributed by atoms with Crippen LogP contribution in [-0.4, -0.2) is 11.8 Å². The lowest BCUT2D eigenvalue weighted by atomic mass is 10.4. The number of rotatable bonds is 4. The molecule has 0 aliphatic heterocycles. The van der Waals surface area contributed by atoms with E-state index in [2.05, 4.69) is 34.3 Å². The van der Waals surface area contributed by atoms with Crippen molar-refractivity contribution in [1.29, 1.82) is 0 Å². The first kappa shape index (κ1) is 10.6. The van der Waals surface area contributed by atoms with E-state index in [0.717, 1.165) is 12.3 Å². The van der Waals surface area contributed by atoms with Gasteiger partial charge in [0.15, 0.2) is 0 Å². The molecule has 1 aromatic rings. The minimum atomic E-state index is 0.559. The molecule has 0 saturated carbocycles. The van der Waals surface area contributed by atoms with Crippen LogP contribution >= 0.6 is 39.0 Å². The first-order chi connectivity index (χ1) is 5.72. The summed E-state index contributed by atoms with van der Waals surface area (Å²) in [5.74, 6) is 1.07. The largest absolute Gasteiger partial charge is 0.329 e. The molecule has 68 valence electrons. The maximum absolute atomic E-state index is 5.51. The van der Waals surface area contributed by atoms with E-state index in [1.807, 2.05) is 11.8 Å². The van der Waals surface area contributed by atoms with E-state index in [1.165, 1.54) is 9.35 Å². The Morgan fingerprint density at radius 1 is 1.75 bits per heavy atom. The van der Waals surface area contributed by atoms with Crippen molar-refractivity contribution in [3.05, 3.63) is 20.8 Å². The Balaban J connectivity index is 2.33. The maximum Gasteiger partial charge on any atom is 0.0701 e. The van der Waals surface area contributed by atoms with Crippen LogP contribution in [0.1, 0.15) is 12.5 Å². The Hall–Kier alpha value is 0.490. The van der Waals surface area contributed by atoms with E-state index >= 15 is 0 Å². The molecule has 12 heavy (non-hydrogen) atoms. The number of thiophene rings is 1. The average Bonchev–Trinajstić information content (AvgIpc) is 2.47. The number of nitrogens with two attached hydrogens (primary N) is 1. The molecular weight excluding hydrogens is 254 g/mol. The molecule has 1 rings (SSSR count). The smallest absolute Gasteiger partial charge is 0.0701 e. The molecule has 0 aliphatic carbocycles. The van der Waals surface area contributed by atoms with Crippen molar-refractivity contribution in [3.63, 3.8) is 0 Å². The SMILES string of the molecule is CC(CN)SCc1csc(Br)c1. The third-order valence-corrected chi connectivity index (χ3v) is 4.30. The summed E-state index contributed by atoms with van der Waals surface area (Å²) in [4.78, 5) is 0. The van der Waals surface area contributed by atoms with Gasteiger partial charge in [0.1, 0.15) is 0 Å². The van der Waals surface area contributed by atoms with Crippen molar-refractivity contribution >= 4 is 39.0 Å². The van der Waals surface area contributed by atoms with Gasteiger partial charge < -0.3 is 5.73 Å². The van der Waals surface area contributed by atoms with Crippen LogP contribution in [0.15, 0.2) is 15.2 Å². The molecule has 0 spiro atoms. The van der Waals surface area contributed by atoms with Crippen LogP contribution in [0.3, 0.4) is 0 Å². The molecule has 1 unspecified atom stereocenters. The fourth-order valence-corrected chi connectivity index (χ4v) is 2.82. The lowest BCUT2D eigenvalue weighted by Gasteiger charge is -2.05. The van der Waals surface area contributed by atoms with Crippen molar-refractivity contribution in [2.75, 3.05) is 6.54 Å². The first-order valence-corrected chi connectivity index (χ1v) is 6.49. The molecule has 0 aromatic carbocycles. The highest BCUT2D eigenvalue weighted by Crippen LogP contribution is 2.25. The quantitative estimate of drug-likeness (QED) is 0.906. The summed E-state index contributed by atoms with van der Waals surface area (Å²) in [6.07, 6.45) is 0. The second kappa shape index (κ2) is 5.27. The van der Waals surface area contributed by atoms with Gasteiger partial charge in [-0.2, -0.15) is 11.8 Å². The van der Waals surface area contributed by atoms with Crippen molar-refractivity contribution in [2.24, 2.45) is 5.73 Å². The fourth-order valence-electron chi connectivity index (χ4n) is 0.728. The maximum atomic E-state index is 5.51. The summed E-state index contributed by atoms with van der Waals surface area (Å²) in [7, 11) is 0. The zero-order valence-electron chi connectivity index (χ0n) is 6.92. The molecular formula is C8H12BrNS2. The van der Waals surface area contributed by atoms with Gasteiger partial charge in [-0.05, 0) is 32.9 Å². The standard InChI is InChI=1S/C8H12BrNS2/c1-6(3-10)11-4-7-2-8(9)12-5-7/h2,5-6H,3-4,10H2,1H3. The molecule has 1 heterocycles. The minimum absolute atomic E-state index is 0.559. The van der Waals surface area contributed by atoms with Crippen LogP contribution in [0, 0.1) is 0 Å². The van der Waals surface area contributed by atoms with Gasteiger partial charge >= 0.3 is 0 Å². The summed E-state index contributed by atoms with van der Waals surface area (Å²) in [6.45, 7) is 2.92.